The zero-order valence-corrected chi connectivity index (χ0v) is 75.3. The predicted octanol–water partition coefficient (Wildman–Crippen LogP) is 5.73. The van der Waals surface area contributed by atoms with E-state index in [1.54, 1.807) is 0 Å². The SMILES string of the molecule is CC(=O)Nc1cccc2c(S(=O)(=O)[O-])cc(C(=O)Nc3cccc4c(S(=O)(=O)[O-])cc(C(=O)Nc5cccc6c(S(=O)(=O)[O-])cc(C(=O)Nc7cccc8c(S(=O)(=O)[O-])cc(C(=O)Nc9cccc%10c(S(=O)(=O)[O-])cc(C(=O)Nc%11cccc%12c(S(=O)(=O)[O-])cc(C(=O)Nc%13cccc%14c(S(=O)(=O)[O-])cc(C(=O)Nc%15cccc%16c(S(=O)(=O)[O-])cc(C(=O)O)nc%15%16)nc%13%14)nc%11%12)nc9%10)nc78)nc56)nc34)nc12. The van der Waals surface area contributed by atoms with Crippen LogP contribution in [0, 0.1) is 0 Å². The van der Waals surface area contributed by atoms with Crippen molar-refractivity contribution in [2.24, 2.45) is 0 Å². The molecule has 140 heavy (non-hydrogen) atoms. The summed E-state index contributed by atoms with van der Waals surface area (Å²) in [4.78, 5) is 149. The molecule has 9 N–H and O–H groups in total. The lowest BCUT2D eigenvalue weighted by Crippen LogP contribution is -2.19. The Morgan fingerprint density at radius 3 is 0.450 bits per heavy atom. The van der Waals surface area contributed by atoms with Gasteiger partial charge in [-0.2, -0.15) is 0 Å². The summed E-state index contributed by atoms with van der Waals surface area (Å²) >= 11 is 0. The van der Waals surface area contributed by atoms with Crippen LogP contribution in [0.1, 0.15) is 90.8 Å². The van der Waals surface area contributed by atoms with Gasteiger partial charge >= 0.3 is 5.97 Å². The average Bonchev–Trinajstić information content (AvgIpc) is 0.754. The van der Waals surface area contributed by atoms with Crippen LogP contribution in [-0.2, 0) is 85.7 Å². The van der Waals surface area contributed by atoms with Crippen molar-refractivity contribution < 1.29 is 152 Å². The number of pyridine rings is 8. The number of carbonyl (C=O) groups is 9. The second-order valence-corrected chi connectivity index (χ2v) is 40.2. The summed E-state index contributed by atoms with van der Waals surface area (Å²) in [5.41, 5.74) is -17.7. The number of rotatable bonds is 24. The molecule has 0 atom stereocenters. The van der Waals surface area contributed by atoms with Gasteiger partial charge in [0, 0.05) is 50.0 Å². The molecule has 0 spiro atoms. The van der Waals surface area contributed by atoms with Crippen LogP contribution in [-0.4, -0.2) is 202 Å². The van der Waals surface area contributed by atoms with Crippen molar-refractivity contribution in [3.05, 3.63) is 240 Å². The molecule has 0 saturated carbocycles. The van der Waals surface area contributed by atoms with Crippen LogP contribution in [0.25, 0.3) is 87.2 Å². The molecule has 8 aromatic heterocycles. The van der Waals surface area contributed by atoms with E-state index in [1.807, 2.05) is 0 Å². The smallest absolute Gasteiger partial charge is 0.354 e. The Morgan fingerprint density at radius 1 is 0.207 bits per heavy atom. The van der Waals surface area contributed by atoms with Crippen LogP contribution in [0.2, 0.25) is 0 Å². The second kappa shape index (κ2) is 35.3. The number of nitrogens with zero attached hydrogens (tertiary/aromatic N) is 8. The molecule has 712 valence electrons. The first-order chi connectivity index (χ1) is 65.5. The fourth-order valence-electron chi connectivity index (χ4n) is 14.6. The molecule has 0 bridgehead atoms. The third-order valence-corrected chi connectivity index (χ3v) is 27.5. The van der Waals surface area contributed by atoms with E-state index in [0.29, 0.717) is 48.5 Å². The molecule has 8 heterocycles. The Morgan fingerprint density at radius 2 is 0.329 bits per heavy atom. The van der Waals surface area contributed by atoms with Crippen molar-refractivity contribution in [2.45, 2.75) is 46.1 Å². The summed E-state index contributed by atoms with van der Waals surface area (Å²) < 4.78 is 310. The van der Waals surface area contributed by atoms with Crippen LogP contribution < -0.4 is 42.5 Å². The van der Waals surface area contributed by atoms with Crippen molar-refractivity contribution in [3.8, 4) is 0 Å². The topological polar surface area (TPSA) is 831 Å². The molecule has 58 heteroatoms. The van der Waals surface area contributed by atoms with Gasteiger partial charge in [-0.3, -0.25) is 38.4 Å². The van der Waals surface area contributed by atoms with Crippen LogP contribution >= 0.6 is 0 Å². The molecule has 0 saturated heterocycles. The van der Waals surface area contributed by atoms with E-state index >= 15 is 0 Å². The quantitative estimate of drug-likeness (QED) is 0.0326. The standard InChI is InChI=1S/C82H52N16O34S8/c1-34(99)83-43-18-2-10-35-59(133(109,110)111)26-51(84-67(35)43)75(100)92-44-19-3-11-36-60(134(112,113)114)27-52(85-68(36)44)76(101)93-45-20-4-12-37-61(135(115,116)117)28-53(86-69(37)45)77(102)94-46-21-5-13-38-62(136(118,119)120)29-54(87-70(38)46)78(103)95-47-22-6-14-39-63(137(121,122)123)30-55(88-71(39)47)79(104)96-48-23-7-15-40-64(138(124,125)126)31-56(89-72(40)48)80(105)97-49-24-8-16-41-65(139(127,128)129)32-57(90-73(41)49)81(106)98-50-25-9-17-42-66(140(130,131)132)33-58(82(107)108)91-74(42)50/h2-33H,1H3,(H,83,99)(H,92,100)(H,93,101)(H,94,102)(H,95,103)(H,96,104)(H,97,105)(H,98,106)(H,107,108)(H,109,110,111)(H,112,113,114)(H,115,116,117)(H,118,119,120)(H,121,122,123)(H,124,125,126)(H,127,128,129)(H,130,131,132)/p-8. The average molecular weight is 2050 g/mol. The van der Waals surface area contributed by atoms with E-state index in [9.17, 15) is 152 Å². The fraction of sp³-hybridized carbons (Fsp3) is 0.0122. The van der Waals surface area contributed by atoms with Crippen molar-refractivity contribution in [3.63, 3.8) is 0 Å². The number of nitrogens with one attached hydrogen (secondary N) is 8. The van der Waals surface area contributed by atoms with E-state index in [-0.39, 0.29) is 16.6 Å². The number of anilines is 8. The lowest BCUT2D eigenvalue weighted by molar-refractivity contribution is -0.114. The summed E-state index contributed by atoms with van der Waals surface area (Å²) in [6.07, 6.45) is 0. The number of hydrogen-bond donors (Lipinski definition) is 9. The van der Waals surface area contributed by atoms with E-state index < -0.39 is 335 Å². The minimum atomic E-state index is -5.80. The van der Waals surface area contributed by atoms with Crippen molar-refractivity contribution in [1.82, 2.24) is 39.9 Å². The van der Waals surface area contributed by atoms with Gasteiger partial charge in [0.2, 0.25) is 5.91 Å². The molecule has 50 nitrogen and oxygen atoms in total. The maximum atomic E-state index is 14.7. The highest BCUT2D eigenvalue weighted by atomic mass is 32.2. The number of carboxylic acids is 1. The van der Waals surface area contributed by atoms with Gasteiger partial charge in [-0.15, -0.1) is 0 Å². The zero-order chi connectivity index (χ0) is 101. The van der Waals surface area contributed by atoms with Gasteiger partial charge in [0.1, 0.15) is 126 Å². The van der Waals surface area contributed by atoms with E-state index in [1.165, 1.54) is 12.1 Å². The molecular weight excluding hydrogens is 2010 g/mol. The third kappa shape index (κ3) is 19.2. The number of aromatic carboxylic acids is 1. The summed E-state index contributed by atoms with van der Waals surface area (Å²) in [5, 5.41) is 23.2. The number of fused-ring (bicyclic) bond motifs is 8. The van der Waals surface area contributed by atoms with E-state index in [0.717, 1.165) is 140 Å². The molecule has 8 aromatic carbocycles. The van der Waals surface area contributed by atoms with Gasteiger partial charge in [0.15, 0.2) is 0 Å². The summed E-state index contributed by atoms with van der Waals surface area (Å²) in [5.74, 6) is -12.9. The number of carbonyl (C=O) groups excluding carboxylic acids is 8. The van der Waals surface area contributed by atoms with Gasteiger partial charge < -0.3 is 84.1 Å². The van der Waals surface area contributed by atoms with Crippen molar-refractivity contribution >= 4 is 267 Å². The Balaban J connectivity index is 0.696. The molecule has 0 aliphatic heterocycles. The van der Waals surface area contributed by atoms with Gasteiger partial charge in [-0.05, 0) is 97.1 Å². The van der Waals surface area contributed by atoms with E-state index in [2.05, 4.69) is 82.4 Å². The minimum Gasteiger partial charge on any atom is -0.744 e. The fourth-order valence-corrected chi connectivity index (χ4v) is 20.1. The molecule has 0 radical (unpaired) electrons. The highest BCUT2D eigenvalue weighted by molar-refractivity contribution is 7.88. The number of carboxylic acid groups (broad SMARTS) is 1. The maximum absolute atomic E-state index is 14.7. The summed E-state index contributed by atoms with van der Waals surface area (Å²) in [6, 6.07) is 28.5. The summed E-state index contributed by atoms with van der Waals surface area (Å²) in [6.45, 7) is 1.08. The molecule has 0 aliphatic carbocycles. The lowest BCUT2D eigenvalue weighted by atomic mass is 10.1. The Hall–Kier alpha value is -16.5. The van der Waals surface area contributed by atoms with Crippen LogP contribution in [0.5, 0.6) is 0 Å². The number of para-hydroxylation sites is 8. The second-order valence-electron chi connectivity index (χ2n) is 29.5. The number of aromatic nitrogens is 8. The predicted molar refractivity (Wildman–Crippen MR) is 475 cm³/mol. The highest BCUT2D eigenvalue weighted by Crippen LogP contribution is 2.40. The molecule has 0 aliphatic rings. The first-order valence-corrected chi connectivity index (χ1v) is 49.6. The van der Waals surface area contributed by atoms with Crippen LogP contribution in [0.4, 0.5) is 45.5 Å². The Bertz CT molecular complexity index is 9320. The number of hydrogen-bond acceptors (Lipinski definition) is 41. The number of amides is 8. The monoisotopic (exact) mass is 2050 g/mol. The molecular formula is C82H44N16O34S8-8. The van der Waals surface area contributed by atoms with Crippen molar-refractivity contribution in [2.75, 3.05) is 42.5 Å². The first-order valence-electron chi connectivity index (χ1n) is 38.3. The van der Waals surface area contributed by atoms with E-state index in [4.69, 9.17) is 0 Å². The van der Waals surface area contributed by atoms with Crippen LogP contribution in [0.15, 0.2) is 233 Å². The largest absolute Gasteiger partial charge is 0.744 e. The van der Waals surface area contributed by atoms with Gasteiger partial charge in [-0.25, -0.2) is 112 Å². The Labute approximate surface area is 781 Å². The number of benzene rings is 8. The normalized spacial score (nSPS) is 12.3. The van der Waals surface area contributed by atoms with Crippen LogP contribution in [0.3, 0.4) is 0 Å². The molecule has 16 rings (SSSR count). The highest BCUT2D eigenvalue weighted by Gasteiger charge is 2.31. The van der Waals surface area contributed by atoms with Gasteiger partial charge in [-0.1, -0.05) is 97.1 Å². The lowest BCUT2D eigenvalue weighted by Gasteiger charge is -2.18. The summed E-state index contributed by atoms with van der Waals surface area (Å²) in [7, 11) is -45.3. The molecule has 16 aromatic rings. The molecule has 8 amide bonds. The maximum Gasteiger partial charge on any atom is 0.354 e. The zero-order valence-electron chi connectivity index (χ0n) is 68.7. The third-order valence-electron chi connectivity index (χ3n) is 20.5. The van der Waals surface area contributed by atoms with Crippen molar-refractivity contribution in [1.29, 1.82) is 0 Å². The van der Waals surface area contributed by atoms with Gasteiger partial charge in [0.25, 0.3) is 41.4 Å². The molecule has 0 unspecified atom stereocenters. The first kappa shape index (κ1) is 96.7. The minimum absolute atomic E-state index is 0.156. The van der Waals surface area contributed by atoms with Gasteiger partial charge in [0.05, 0.1) is 129 Å². The molecule has 0 fully saturated rings. The Kier molecular flexibility index (Phi) is 24.4.